The van der Waals surface area contributed by atoms with Crippen LogP contribution in [0.1, 0.15) is 18.4 Å². The topological polar surface area (TPSA) is 78.5 Å². The molecule has 3 amide bonds. The van der Waals surface area contributed by atoms with Crippen LogP contribution >= 0.6 is 11.6 Å². The van der Waals surface area contributed by atoms with Crippen LogP contribution in [0.25, 0.3) is 0 Å². The molecule has 2 aromatic carbocycles. The molecule has 1 spiro atoms. The number of hydrogen-bond donors (Lipinski definition) is 2. The second-order valence-electron chi connectivity index (χ2n) is 7.22. The fourth-order valence-electron chi connectivity index (χ4n) is 4.02. The lowest BCUT2D eigenvalue weighted by atomic mass is 9.83. The third-order valence-electron chi connectivity index (χ3n) is 5.43. The zero-order valence-electron chi connectivity index (χ0n) is 15.7. The van der Waals surface area contributed by atoms with Crippen LogP contribution in [0.2, 0.25) is 5.02 Å². The van der Waals surface area contributed by atoms with Gasteiger partial charge < -0.3 is 15.5 Å². The van der Waals surface area contributed by atoms with Crippen molar-refractivity contribution in [3.63, 3.8) is 0 Å². The molecule has 0 aliphatic carbocycles. The van der Waals surface area contributed by atoms with Crippen LogP contribution in [-0.2, 0) is 20.8 Å². The van der Waals surface area contributed by atoms with E-state index in [1.165, 1.54) is 12.2 Å². The Hall–Kier alpha value is -3.12. The van der Waals surface area contributed by atoms with E-state index < -0.39 is 11.4 Å². The summed E-state index contributed by atoms with van der Waals surface area (Å²) in [7, 11) is 0. The van der Waals surface area contributed by atoms with E-state index in [9.17, 15) is 14.4 Å². The lowest BCUT2D eigenvalue weighted by molar-refractivity contribution is -0.139. The first-order valence-electron chi connectivity index (χ1n) is 9.44. The Morgan fingerprint density at radius 2 is 1.86 bits per heavy atom. The molecular formula is C22H20ClN3O3. The molecule has 0 radical (unpaired) electrons. The van der Waals surface area contributed by atoms with Crippen LogP contribution in [0.15, 0.2) is 60.7 Å². The average molecular weight is 410 g/mol. The van der Waals surface area contributed by atoms with Gasteiger partial charge in [-0.1, -0.05) is 41.9 Å². The molecule has 0 saturated carbocycles. The summed E-state index contributed by atoms with van der Waals surface area (Å²) in [6, 6.07) is 14.5. The molecule has 1 unspecified atom stereocenters. The highest BCUT2D eigenvalue weighted by Crippen LogP contribution is 2.39. The van der Waals surface area contributed by atoms with E-state index in [0.29, 0.717) is 30.1 Å². The largest absolute Gasteiger partial charge is 0.324 e. The number of anilines is 2. The van der Waals surface area contributed by atoms with E-state index in [4.69, 9.17) is 11.6 Å². The smallest absolute Gasteiger partial charge is 0.250 e. The number of carbonyl (C=O) groups excluding carboxylic acids is 3. The molecule has 1 saturated heterocycles. The van der Waals surface area contributed by atoms with Gasteiger partial charge in [-0.15, -0.1) is 0 Å². The Labute approximate surface area is 173 Å². The molecule has 29 heavy (non-hydrogen) atoms. The quantitative estimate of drug-likeness (QED) is 0.763. The van der Waals surface area contributed by atoms with Gasteiger partial charge in [0.1, 0.15) is 5.54 Å². The maximum atomic E-state index is 12.9. The van der Waals surface area contributed by atoms with E-state index >= 15 is 0 Å². The summed E-state index contributed by atoms with van der Waals surface area (Å²) in [6.07, 6.45) is 4.19. The highest BCUT2D eigenvalue weighted by Gasteiger charge is 2.51. The van der Waals surface area contributed by atoms with Gasteiger partial charge in [0, 0.05) is 30.8 Å². The van der Waals surface area contributed by atoms with Gasteiger partial charge in [-0.05, 0) is 36.6 Å². The molecular weight excluding hydrogens is 390 g/mol. The number of amides is 3. The van der Waals surface area contributed by atoms with Gasteiger partial charge in [0.15, 0.2) is 0 Å². The number of halogens is 1. The summed E-state index contributed by atoms with van der Waals surface area (Å²) >= 11 is 6.03. The lowest BCUT2D eigenvalue weighted by Gasteiger charge is -2.40. The molecule has 0 bridgehead atoms. The van der Waals surface area contributed by atoms with Crippen LogP contribution in [0.3, 0.4) is 0 Å². The number of likely N-dealkylation sites (tertiary alicyclic amines) is 1. The Kier molecular flexibility index (Phi) is 5.11. The summed E-state index contributed by atoms with van der Waals surface area (Å²) in [4.78, 5) is 39.5. The van der Waals surface area contributed by atoms with Crippen molar-refractivity contribution in [2.45, 2.75) is 24.8 Å². The number of para-hydroxylation sites is 2. The van der Waals surface area contributed by atoms with Crippen LogP contribution in [-0.4, -0.2) is 34.7 Å². The van der Waals surface area contributed by atoms with Gasteiger partial charge in [-0.2, -0.15) is 0 Å². The lowest BCUT2D eigenvalue weighted by Crippen LogP contribution is -2.58. The van der Waals surface area contributed by atoms with Crippen molar-refractivity contribution >= 4 is 40.7 Å². The number of rotatable bonds is 3. The fourth-order valence-corrected chi connectivity index (χ4v) is 4.21. The summed E-state index contributed by atoms with van der Waals surface area (Å²) in [5.74, 6) is -0.986. The Bertz CT molecular complexity index is 1020. The number of nitrogens with zero attached hydrogens (tertiary/aromatic N) is 1. The van der Waals surface area contributed by atoms with Crippen molar-refractivity contribution in [2.24, 2.45) is 0 Å². The summed E-state index contributed by atoms with van der Waals surface area (Å²) < 4.78 is 0. The van der Waals surface area contributed by atoms with E-state index in [2.05, 4.69) is 10.6 Å². The van der Waals surface area contributed by atoms with Crippen molar-refractivity contribution in [1.29, 1.82) is 0 Å². The van der Waals surface area contributed by atoms with E-state index in [0.717, 1.165) is 17.7 Å². The number of hydrogen-bond acceptors (Lipinski definition) is 3. The third-order valence-corrected chi connectivity index (χ3v) is 5.76. The Morgan fingerprint density at radius 1 is 1.10 bits per heavy atom. The van der Waals surface area contributed by atoms with Crippen LogP contribution in [0.5, 0.6) is 0 Å². The molecule has 148 valence electrons. The standard InChI is InChI=1S/C22H20ClN3O3/c23-16-7-2-4-9-18(16)24-19(27)10-11-20(28)26-13-5-12-22(26)14-15-6-1-3-8-17(15)25-21(22)29/h1-4,6-11H,5,12-14H2,(H,24,27)(H,25,29)/b11-10+. The molecule has 0 aromatic heterocycles. The maximum absolute atomic E-state index is 12.9. The molecule has 2 heterocycles. The number of carbonyl (C=O) groups is 3. The fraction of sp³-hybridized carbons (Fsp3) is 0.227. The predicted octanol–water partition coefficient (Wildman–Crippen LogP) is 3.39. The molecule has 2 N–H and O–H groups in total. The van der Waals surface area contributed by atoms with Crippen LogP contribution in [0, 0.1) is 0 Å². The first-order chi connectivity index (χ1) is 14.0. The first kappa shape index (κ1) is 19.2. The van der Waals surface area contributed by atoms with Gasteiger partial charge in [0.05, 0.1) is 10.7 Å². The van der Waals surface area contributed by atoms with Gasteiger partial charge in [0.25, 0.3) is 5.91 Å². The minimum atomic E-state index is -0.908. The second kappa shape index (κ2) is 7.72. The zero-order valence-corrected chi connectivity index (χ0v) is 16.4. The van der Waals surface area contributed by atoms with Crippen molar-refractivity contribution in [3.8, 4) is 0 Å². The SMILES string of the molecule is O=C(/C=C/C(=O)N1CCCC12Cc1ccccc1NC2=O)Nc1ccccc1Cl. The Morgan fingerprint density at radius 3 is 2.69 bits per heavy atom. The van der Waals surface area contributed by atoms with Gasteiger partial charge in [-0.25, -0.2) is 0 Å². The van der Waals surface area contributed by atoms with E-state index in [1.54, 1.807) is 29.2 Å². The third kappa shape index (κ3) is 3.63. The first-order valence-corrected chi connectivity index (χ1v) is 9.82. The van der Waals surface area contributed by atoms with Crippen molar-refractivity contribution in [2.75, 3.05) is 17.2 Å². The summed E-state index contributed by atoms with van der Waals surface area (Å²) in [6.45, 7) is 0.477. The predicted molar refractivity (Wildman–Crippen MR) is 112 cm³/mol. The van der Waals surface area contributed by atoms with Crippen LogP contribution < -0.4 is 10.6 Å². The minimum absolute atomic E-state index is 0.170. The number of benzene rings is 2. The highest BCUT2D eigenvalue weighted by molar-refractivity contribution is 6.33. The van der Waals surface area contributed by atoms with Crippen molar-refractivity contribution < 1.29 is 14.4 Å². The van der Waals surface area contributed by atoms with Gasteiger partial charge in [-0.3, -0.25) is 14.4 Å². The molecule has 4 rings (SSSR count). The normalized spacial score (nSPS) is 20.6. The Balaban J connectivity index is 1.50. The summed E-state index contributed by atoms with van der Waals surface area (Å²) in [5, 5.41) is 5.99. The van der Waals surface area contributed by atoms with E-state index in [-0.39, 0.29) is 11.8 Å². The molecule has 1 atom stereocenters. The molecule has 6 nitrogen and oxygen atoms in total. The monoisotopic (exact) mass is 409 g/mol. The molecule has 2 aliphatic rings. The van der Waals surface area contributed by atoms with Crippen molar-refractivity contribution in [1.82, 2.24) is 4.90 Å². The summed E-state index contributed by atoms with van der Waals surface area (Å²) in [5.41, 5.74) is 1.36. The van der Waals surface area contributed by atoms with Crippen LogP contribution in [0.4, 0.5) is 11.4 Å². The second-order valence-corrected chi connectivity index (χ2v) is 7.62. The number of fused-ring (bicyclic) bond motifs is 1. The minimum Gasteiger partial charge on any atom is -0.324 e. The van der Waals surface area contributed by atoms with E-state index in [1.807, 2.05) is 24.3 Å². The molecule has 1 fully saturated rings. The zero-order chi connectivity index (χ0) is 20.4. The molecule has 2 aliphatic heterocycles. The average Bonchev–Trinajstić information content (AvgIpc) is 3.13. The highest BCUT2D eigenvalue weighted by atomic mass is 35.5. The van der Waals surface area contributed by atoms with Gasteiger partial charge in [0.2, 0.25) is 11.8 Å². The molecule has 7 heteroatoms. The number of nitrogens with one attached hydrogen (secondary N) is 2. The maximum Gasteiger partial charge on any atom is 0.250 e. The molecule has 2 aromatic rings. The van der Waals surface area contributed by atoms with Crippen molar-refractivity contribution in [3.05, 3.63) is 71.3 Å². The van der Waals surface area contributed by atoms with Gasteiger partial charge >= 0.3 is 0 Å².